The molecule has 1 aromatic carbocycles. The molecule has 0 bridgehead atoms. The molecule has 2 aromatic heterocycles. The third-order valence-electron chi connectivity index (χ3n) is 5.58. The highest BCUT2D eigenvalue weighted by Gasteiger charge is 2.32. The number of rotatable bonds is 4. The van der Waals surface area contributed by atoms with Crippen LogP contribution < -0.4 is 15.8 Å². The smallest absolute Gasteiger partial charge is 0.370 e. The summed E-state index contributed by atoms with van der Waals surface area (Å²) < 4.78 is 41.3. The van der Waals surface area contributed by atoms with Gasteiger partial charge in [0.05, 0.1) is 23.4 Å². The molecule has 0 spiro atoms. The molecule has 10 heteroatoms. The van der Waals surface area contributed by atoms with Crippen molar-refractivity contribution in [3.63, 3.8) is 0 Å². The van der Waals surface area contributed by atoms with E-state index in [0.717, 1.165) is 38.1 Å². The molecule has 0 aliphatic carbocycles. The van der Waals surface area contributed by atoms with Gasteiger partial charge in [0.15, 0.2) is 5.65 Å². The Balaban J connectivity index is 1.65. The molecular formula is C21H22F3N5O2. The lowest BCUT2D eigenvalue weighted by Gasteiger charge is -2.23. The van der Waals surface area contributed by atoms with Crippen molar-refractivity contribution in [2.24, 2.45) is 0 Å². The lowest BCUT2D eigenvalue weighted by molar-refractivity contribution is -0.137. The predicted molar refractivity (Wildman–Crippen MR) is 111 cm³/mol. The van der Waals surface area contributed by atoms with Crippen LogP contribution in [0.1, 0.15) is 35.4 Å². The van der Waals surface area contributed by atoms with Crippen LogP contribution in [0.3, 0.4) is 0 Å². The quantitative estimate of drug-likeness (QED) is 0.661. The first-order chi connectivity index (χ1) is 14.6. The van der Waals surface area contributed by atoms with Gasteiger partial charge in [0.1, 0.15) is 0 Å². The summed E-state index contributed by atoms with van der Waals surface area (Å²) >= 11 is 0. The van der Waals surface area contributed by atoms with Crippen molar-refractivity contribution in [3.05, 3.63) is 57.1 Å². The van der Waals surface area contributed by atoms with Crippen LogP contribution in [0.25, 0.3) is 5.65 Å². The number of aryl methyl sites for hydroxylation is 2. The minimum Gasteiger partial charge on any atom is -0.370 e. The zero-order chi connectivity index (χ0) is 22.3. The molecule has 0 atom stereocenters. The van der Waals surface area contributed by atoms with E-state index in [2.05, 4.69) is 15.4 Å². The second kappa shape index (κ2) is 7.75. The number of fused-ring (bicyclic) bond motifs is 1. The number of H-pyrrole nitrogens is 1. The maximum absolute atomic E-state index is 13.3. The standard InChI is InChI=1S/C21H22F3N5O2/c1-12-15(13(2)29-18(25-12)11-20(31)27-29)10-19(30)26-16-9-14(21(22,23)24)5-6-17(16)28-7-3-4-8-28/h5-6,9,11H,3-4,7-8,10H2,1-2H3,(H,26,30)(H,27,31). The number of nitrogens with one attached hydrogen (secondary N) is 2. The summed E-state index contributed by atoms with van der Waals surface area (Å²) in [4.78, 5) is 30.8. The molecule has 7 nitrogen and oxygen atoms in total. The highest BCUT2D eigenvalue weighted by atomic mass is 19.4. The van der Waals surface area contributed by atoms with Crippen LogP contribution in [-0.4, -0.2) is 33.6 Å². The number of nitrogens with zero attached hydrogens (tertiary/aromatic N) is 3. The highest BCUT2D eigenvalue weighted by Crippen LogP contribution is 2.36. The van der Waals surface area contributed by atoms with Gasteiger partial charge in [-0.15, -0.1) is 0 Å². The Bertz CT molecular complexity index is 1210. The molecule has 1 amide bonds. The van der Waals surface area contributed by atoms with Gasteiger partial charge < -0.3 is 10.2 Å². The molecule has 1 aliphatic heterocycles. The minimum absolute atomic E-state index is 0.0868. The zero-order valence-electron chi connectivity index (χ0n) is 17.1. The number of aromatic nitrogens is 3. The number of anilines is 2. The number of carbonyl (C=O) groups excluding carboxylic acids is 1. The van der Waals surface area contributed by atoms with Crippen molar-refractivity contribution >= 4 is 22.9 Å². The van der Waals surface area contributed by atoms with E-state index in [1.807, 2.05) is 4.90 Å². The Morgan fingerprint density at radius 3 is 2.58 bits per heavy atom. The largest absolute Gasteiger partial charge is 0.416 e. The maximum atomic E-state index is 13.3. The van der Waals surface area contributed by atoms with Crippen molar-refractivity contribution in [2.45, 2.75) is 39.3 Å². The molecule has 0 radical (unpaired) electrons. The summed E-state index contributed by atoms with van der Waals surface area (Å²) in [6, 6.07) is 4.79. The van der Waals surface area contributed by atoms with Gasteiger partial charge in [-0.1, -0.05) is 0 Å². The Labute approximate surface area is 175 Å². The van der Waals surface area contributed by atoms with E-state index in [1.165, 1.54) is 16.6 Å². The molecular weight excluding hydrogens is 411 g/mol. The summed E-state index contributed by atoms with van der Waals surface area (Å²) in [5, 5.41) is 5.29. The van der Waals surface area contributed by atoms with Crippen molar-refractivity contribution < 1.29 is 18.0 Å². The van der Waals surface area contributed by atoms with E-state index < -0.39 is 17.6 Å². The molecule has 3 heterocycles. The average Bonchev–Trinajstić information content (AvgIpc) is 3.34. The number of halogens is 3. The predicted octanol–water partition coefficient (Wildman–Crippen LogP) is 3.44. The molecule has 0 saturated carbocycles. The van der Waals surface area contributed by atoms with Gasteiger partial charge in [0, 0.05) is 36.1 Å². The third kappa shape index (κ3) is 4.14. The van der Waals surface area contributed by atoms with Gasteiger partial charge >= 0.3 is 6.18 Å². The van der Waals surface area contributed by atoms with Crippen LogP contribution in [0, 0.1) is 13.8 Å². The minimum atomic E-state index is -4.51. The Kier molecular flexibility index (Phi) is 5.24. The van der Waals surface area contributed by atoms with Crippen molar-refractivity contribution in [2.75, 3.05) is 23.3 Å². The van der Waals surface area contributed by atoms with Gasteiger partial charge in [-0.3, -0.25) is 14.7 Å². The fourth-order valence-electron chi connectivity index (χ4n) is 4.01. The summed E-state index contributed by atoms with van der Waals surface area (Å²) in [5.41, 5.74) is 1.86. The van der Waals surface area contributed by atoms with Crippen LogP contribution in [0.2, 0.25) is 0 Å². The Hall–Kier alpha value is -3.30. The van der Waals surface area contributed by atoms with Crippen LogP contribution in [0.4, 0.5) is 24.5 Å². The first-order valence-corrected chi connectivity index (χ1v) is 9.97. The van der Waals surface area contributed by atoms with Gasteiger partial charge in [-0.25, -0.2) is 9.50 Å². The number of carbonyl (C=O) groups is 1. The molecule has 1 aliphatic rings. The van der Waals surface area contributed by atoms with Crippen molar-refractivity contribution in [1.82, 2.24) is 14.6 Å². The molecule has 164 valence electrons. The molecule has 1 fully saturated rings. The fourth-order valence-corrected chi connectivity index (χ4v) is 4.01. The molecule has 4 rings (SSSR count). The number of amides is 1. The third-order valence-corrected chi connectivity index (χ3v) is 5.58. The number of benzene rings is 1. The monoisotopic (exact) mass is 433 g/mol. The van der Waals surface area contributed by atoms with E-state index in [1.54, 1.807) is 13.8 Å². The van der Waals surface area contributed by atoms with Gasteiger partial charge in [-0.2, -0.15) is 13.2 Å². The van der Waals surface area contributed by atoms with Crippen molar-refractivity contribution in [1.29, 1.82) is 0 Å². The van der Waals surface area contributed by atoms with Gasteiger partial charge in [-0.05, 0) is 44.9 Å². The van der Waals surface area contributed by atoms with E-state index in [9.17, 15) is 22.8 Å². The van der Waals surface area contributed by atoms with Crippen LogP contribution in [0.15, 0.2) is 29.1 Å². The Morgan fingerprint density at radius 1 is 1.19 bits per heavy atom. The average molecular weight is 433 g/mol. The normalized spacial score (nSPS) is 14.4. The number of hydrogen-bond acceptors (Lipinski definition) is 4. The zero-order valence-corrected chi connectivity index (χ0v) is 17.1. The summed E-state index contributed by atoms with van der Waals surface area (Å²) in [6.07, 6.45) is -2.69. The van der Waals surface area contributed by atoms with E-state index in [4.69, 9.17) is 0 Å². The Morgan fingerprint density at radius 2 is 1.90 bits per heavy atom. The molecule has 0 unspecified atom stereocenters. The van der Waals surface area contributed by atoms with Gasteiger partial charge in [0.2, 0.25) is 5.91 Å². The van der Waals surface area contributed by atoms with Crippen molar-refractivity contribution in [3.8, 4) is 0 Å². The highest BCUT2D eigenvalue weighted by molar-refractivity contribution is 5.96. The maximum Gasteiger partial charge on any atom is 0.416 e. The summed E-state index contributed by atoms with van der Waals surface area (Å²) in [7, 11) is 0. The van der Waals surface area contributed by atoms with Crippen LogP contribution in [-0.2, 0) is 17.4 Å². The van der Waals surface area contributed by atoms with E-state index in [-0.39, 0.29) is 17.7 Å². The van der Waals surface area contributed by atoms with E-state index in [0.29, 0.717) is 28.3 Å². The second-order valence-corrected chi connectivity index (χ2v) is 7.72. The molecule has 1 saturated heterocycles. The van der Waals surface area contributed by atoms with Crippen LogP contribution in [0.5, 0.6) is 0 Å². The SMILES string of the molecule is Cc1nc2cc(=O)[nH]n2c(C)c1CC(=O)Nc1cc(C(F)(F)F)ccc1N1CCCC1. The molecule has 31 heavy (non-hydrogen) atoms. The first-order valence-electron chi connectivity index (χ1n) is 9.97. The number of aromatic amines is 1. The molecule has 2 N–H and O–H groups in total. The lowest BCUT2D eigenvalue weighted by Crippen LogP contribution is -2.23. The first kappa shape index (κ1) is 21.0. The van der Waals surface area contributed by atoms with E-state index >= 15 is 0 Å². The lowest BCUT2D eigenvalue weighted by atomic mass is 10.1. The number of alkyl halides is 3. The second-order valence-electron chi connectivity index (χ2n) is 7.72. The van der Waals surface area contributed by atoms with Crippen LogP contribution >= 0.6 is 0 Å². The topological polar surface area (TPSA) is 82.5 Å². The number of hydrogen-bond donors (Lipinski definition) is 2. The molecule has 3 aromatic rings. The summed E-state index contributed by atoms with van der Waals surface area (Å²) in [5.74, 6) is -0.457. The fraction of sp³-hybridized carbons (Fsp3) is 0.381. The summed E-state index contributed by atoms with van der Waals surface area (Å²) in [6.45, 7) is 4.94. The van der Waals surface area contributed by atoms with Gasteiger partial charge in [0.25, 0.3) is 5.56 Å².